The Balaban J connectivity index is 4.53. The molecule has 230 valence electrons. The number of nitrogens with zero attached hydrogens (tertiary/aromatic N) is 1. The zero-order valence-corrected chi connectivity index (χ0v) is 26.9. The van der Waals surface area contributed by atoms with E-state index in [4.69, 9.17) is 9.29 Å². The van der Waals surface area contributed by atoms with E-state index in [1.165, 1.54) is 0 Å². The van der Waals surface area contributed by atoms with Gasteiger partial charge in [0.1, 0.15) is 6.61 Å². The number of quaternary nitrogens is 1. The average molecular weight is 597 g/mol. The van der Waals surface area contributed by atoms with Gasteiger partial charge in [-0.2, -0.15) is 21.0 Å². The van der Waals surface area contributed by atoms with Crippen LogP contribution in [0, 0.1) is 10.8 Å². The number of hydrogen-bond donors (Lipinski definition) is 4. The number of unbranched alkanes of at least 4 members (excludes halogenated alkanes) is 1. The van der Waals surface area contributed by atoms with Crippen LogP contribution in [0.15, 0.2) is 0 Å². The Hall–Kier alpha value is -1.37. The van der Waals surface area contributed by atoms with Crippen LogP contribution in [0.3, 0.4) is 0 Å². The van der Waals surface area contributed by atoms with Gasteiger partial charge in [0.2, 0.25) is 17.7 Å². The number of ether oxygens (including phenoxy) is 1. The number of rotatable bonds is 21. The SMILES string of the molecule is CCCC(S)CCCCC(=O)NCCOC(=O)C(C)(CC)CC(C)(C)C(=O)NCCC[N+](C)(C)CS(=O)(=O)O. The van der Waals surface area contributed by atoms with E-state index in [2.05, 4.69) is 30.2 Å². The summed E-state index contributed by atoms with van der Waals surface area (Å²) in [5.41, 5.74) is -1.72. The molecule has 0 heterocycles. The number of nitrogens with one attached hydrogen (secondary N) is 2. The molecule has 0 saturated heterocycles. The second-order valence-electron chi connectivity index (χ2n) is 12.1. The van der Waals surface area contributed by atoms with E-state index in [0.717, 1.165) is 32.1 Å². The van der Waals surface area contributed by atoms with Crippen molar-refractivity contribution in [1.29, 1.82) is 0 Å². The van der Waals surface area contributed by atoms with Crippen molar-refractivity contribution in [3.05, 3.63) is 0 Å². The molecular weight excluding hydrogens is 542 g/mol. The van der Waals surface area contributed by atoms with Gasteiger partial charge in [-0.3, -0.25) is 18.9 Å². The molecule has 0 rings (SSSR count). The number of hydrogen-bond acceptors (Lipinski definition) is 7. The van der Waals surface area contributed by atoms with Crippen molar-refractivity contribution in [3.8, 4) is 0 Å². The first kappa shape index (κ1) is 37.6. The van der Waals surface area contributed by atoms with Crippen LogP contribution in [0.2, 0.25) is 0 Å². The zero-order chi connectivity index (χ0) is 30.3. The molecule has 3 N–H and O–H groups in total. The molecule has 2 unspecified atom stereocenters. The van der Waals surface area contributed by atoms with Crippen LogP contribution in [0.5, 0.6) is 0 Å². The minimum absolute atomic E-state index is 0.0616. The number of carbonyl (C=O) groups excluding carboxylic acids is 3. The molecule has 12 heteroatoms. The first-order valence-corrected chi connectivity index (χ1v) is 16.2. The molecule has 0 spiro atoms. The fourth-order valence-corrected chi connectivity index (χ4v) is 6.04. The summed E-state index contributed by atoms with van der Waals surface area (Å²) in [5.74, 6) is -1.07. The van der Waals surface area contributed by atoms with Crippen molar-refractivity contribution in [2.75, 3.05) is 46.2 Å². The highest BCUT2D eigenvalue weighted by atomic mass is 32.2. The molecule has 0 fully saturated rings. The van der Waals surface area contributed by atoms with E-state index in [1.807, 2.05) is 6.92 Å². The maximum Gasteiger partial charge on any atom is 0.316 e. The van der Waals surface area contributed by atoms with Crippen molar-refractivity contribution in [3.63, 3.8) is 0 Å². The third-order valence-corrected chi connectivity index (χ3v) is 8.47. The highest BCUT2D eigenvalue weighted by Gasteiger charge is 2.42. The van der Waals surface area contributed by atoms with Crippen molar-refractivity contribution < 1.29 is 36.6 Å². The van der Waals surface area contributed by atoms with Gasteiger partial charge in [0.15, 0.2) is 0 Å². The fourth-order valence-electron chi connectivity index (χ4n) is 4.59. The molecule has 0 saturated carbocycles. The summed E-state index contributed by atoms with van der Waals surface area (Å²) >= 11 is 4.53. The summed E-state index contributed by atoms with van der Waals surface area (Å²) < 4.78 is 36.9. The number of amides is 2. The predicted octanol–water partition coefficient (Wildman–Crippen LogP) is 3.57. The van der Waals surface area contributed by atoms with E-state index in [0.29, 0.717) is 37.6 Å². The van der Waals surface area contributed by atoms with E-state index in [9.17, 15) is 22.8 Å². The Morgan fingerprint density at radius 2 is 1.64 bits per heavy atom. The Bertz CT molecular complexity index is 879. The number of esters is 1. The van der Waals surface area contributed by atoms with Gasteiger partial charge < -0.3 is 19.9 Å². The van der Waals surface area contributed by atoms with Crippen LogP contribution in [-0.2, 0) is 29.2 Å². The predicted molar refractivity (Wildman–Crippen MR) is 158 cm³/mol. The normalized spacial score (nSPS) is 14.8. The van der Waals surface area contributed by atoms with Gasteiger partial charge in [-0.25, -0.2) is 0 Å². The maximum absolute atomic E-state index is 12.9. The monoisotopic (exact) mass is 596 g/mol. The topological polar surface area (TPSA) is 139 Å². The molecular formula is C27H54N3O7S2+. The molecule has 0 aromatic rings. The summed E-state index contributed by atoms with van der Waals surface area (Å²) in [6.45, 7) is 10.5. The Kier molecular flexibility index (Phi) is 16.8. The lowest BCUT2D eigenvalue weighted by Crippen LogP contribution is -2.46. The lowest BCUT2D eigenvalue weighted by atomic mass is 9.72. The van der Waals surface area contributed by atoms with Gasteiger partial charge >= 0.3 is 16.1 Å². The highest BCUT2D eigenvalue weighted by molar-refractivity contribution is 7.85. The van der Waals surface area contributed by atoms with E-state index in [1.54, 1.807) is 34.9 Å². The molecule has 0 aliphatic rings. The quantitative estimate of drug-likeness (QED) is 0.0522. The molecule has 0 aliphatic carbocycles. The standard InChI is InChI=1S/C27H53N3O7S2/c1-8-13-22(38)14-10-11-15-23(31)28-17-19-37-25(33)27(5,9-2)20-26(3,4)24(32)29-16-12-18-30(6,7)21-39(34,35)36/h22H,8-21H2,1-7H3,(H3-,28,29,31,32,34,35,36,38)/p+1. The highest BCUT2D eigenvalue weighted by Crippen LogP contribution is 2.37. The van der Waals surface area contributed by atoms with Crippen LogP contribution in [0.25, 0.3) is 0 Å². The lowest BCUT2D eigenvalue weighted by Gasteiger charge is -2.34. The summed E-state index contributed by atoms with van der Waals surface area (Å²) in [4.78, 5) is 37.8. The number of carbonyl (C=O) groups is 3. The van der Waals surface area contributed by atoms with E-state index in [-0.39, 0.29) is 35.9 Å². The van der Waals surface area contributed by atoms with Gasteiger partial charge in [-0.05, 0) is 39.0 Å². The van der Waals surface area contributed by atoms with E-state index >= 15 is 0 Å². The minimum Gasteiger partial charge on any atom is -0.463 e. The molecule has 0 aliphatic heterocycles. The minimum atomic E-state index is -4.09. The molecule has 39 heavy (non-hydrogen) atoms. The summed E-state index contributed by atoms with van der Waals surface area (Å²) in [7, 11) is -0.712. The molecule has 0 radical (unpaired) electrons. The van der Waals surface area contributed by atoms with Gasteiger partial charge in [0, 0.05) is 30.1 Å². The first-order valence-electron chi connectivity index (χ1n) is 14.0. The third-order valence-electron chi connectivity index (χ3n) is 6.93. The summed E-state index contributed by atoms with van der Waals surface area (Å²) in [6.07, 6.45) is 6.68. The van der Waals surface area contributed by atoms with Crippen molar-refractivity contribution >= 4 is 40.5 Å². The van der Waals surface area contributed by atoms with Gasteiger partial charge in [0.05, 0.1) is 32.6 Å². The fraction of sp³-hybridized carbons (Fsp3) is 0.889. The van der Waals surface area contributed by atoms with Crippen LogP contribution < -0.4 is 10.6 Å². The lowest BCUT2D eigenvalue weighted by molar-refractivity contribution is -0.878. The van der Waals surface area contributed by atoms with Crippen LogP contribution in [-0.4, -0.2) is 86.7 Å². The smallest absolute Gasteiger partial charge is 0.316 e. The maximum atomic E-state index is 12.9. The molecule has 0 bridgehead atoms. The van der Waals surface area contributed by atoms with Crippen LogP contribution >= 0.6 is 12.6 Å². The zero-order valence-electron chi connectivity index (χ0n) is 25.2. The molecule has 0 aromatic heterocycles. The van der Waals surface area contributed by atoms with E-state index < -0.39 is 32.8 Å². The Labute approximate surface area is 242 Å². The molecule has 10 nitrogen and oxygen atoms in total. The van der Waals surface area contributed by atoms with Crippen molar-refractivity contribution in [2.45, 2.75) is 97.7 Å². The van der Waals surface area contributed by atoms with Crippen LogP contribution in [0.4, 0.5) is 0 Å². The Morgan fingerprint density at radius 1 is 1.00 bits per heavy atom. The average Bonchev–Trinajstić information content (AvgIpc) is 2.80. The largest absolute Gasteiger partial charge is 0.463 e. The van der Waals surface area contributed by atoms with Gasteiger partial charge in [0.25, 0.3) is 0 Å². The second kappa shape index (κ2) is 17.4. The first-order chi connectivity index (χ1) is 17.9. The summed E-state index contributed by atoms with van der Waals surface area (Å²) in [5, 5.41) is 6.06. The van der Waals surface area contributed by atoms with Crippen molar-refractivity contribution in [1.82, 2.24) is 10.6 Å². The summed E-state index contributed by atoms with van der Waals surface area (Å²) in [6, 6.07) is 0. The molecule has 2 amide bonds. The molecule has 2 atom stereocenters. The van der Waals surface area contributed by atoms with Crippen LogP contribution in [0.1, 0.15) is 92.4 Å². The Morgan fingerprint density at radius 3 is 2.21 bits per heavy atom. The second-order valence-corrected chi connectivity index (χ2v) is 14.3. The van der Waals surface area contributed by atoms with Crippen molar-refractivity contribution in [2.24, 2.45) is 10.8 Å². The molecule has 0 aromatic carbocycles. The van der Waals surface area contributed by atoms with Gasteiger partial charge in [-0.15, -0.1) is 0 Å². The number of thiol groups is 1. The van der Waals surface area contributed by atoms with Gasteiger partial charge in [-0.1, -0.05) is 40.5 Å². The third kappa shape index (κ3) is 17.1.